The topological polar surface area (TPSA) is 71.7 Å². The van der Waals surface area contributed by atoms with Crippen LogP contribution in [0, 0.1) is 6.92 Å². The number of hydrogen-bond acceptors (Lipinski definition) is 6. The molecule has 1 aromatic heterocycles. The lowest BCUT2D eigenvalue weighted by atomic mass is 10.1. The van der Waals surface area contributed by atoms with Gasteiger partial charge in [-0.1, -0.05) is 18.2 Å². The fourth-order valence-electron chi connectivity index (χ4n) is 3.66. The Kier molecular flexibility index (Phi) is 4.17. The van der Waals surface area contributed by atoms with E-state index in [1.807, 2.05) is 24.0 Å². The standard InChI is InChI=1S/C18H22N4O3/c1-12(21-8-7-14-5-3-4-6-15(14)21)18(23)22-9-10-24-11-16(22)17-20-19-13(2)25-17/h3-6,12,16H,7-11H2,1-2H3/t12-,16-/m0/s1. The molecular formula is C18H22N4O3. The zero-order valence-corrected chi connectivity index (χ0v) is 14.5. The van der Waals surface area contributed by atoms with Gasteiger partial charge < -0.3 is 19.0 Å². The van der Waals surface area contributed by atoms with E-state index in [1.54, 1.807) is 6.92 Å². The van der Waals surface area contributed by atoms with Crippen molar-refractivity contribution >= 4 is 11.6 Å². The molecule has 7 heteroatoms. The van der Waals surface area contributed by atoms with Gasteiger partial charge in [0, 0.05) is 25.7 Å². The summed E-state index contributed by atoms with van der Waals surface area (Å²) in [7, 11) is 0. The van der Waals surface area contributed by atoms with Gasteiger partial charge in [0.1, 0.15) is 12.1 Å². The monoisotopic (exact) mass is 342 g/mol. The average molecular weight is 342 g/mol. The smallest absolute Gasteiger partial charge is 0.245 e. The molecule has 1 amide bonds. The van der Waals surface area contributed by atoms with Crippen LogP contribution in [0.4, 0.5) is 5.69 Å². The van der Waals surface area contributed by atoms with Gasteiger partial charge in [-0.25, -0.2) is 0 Å². The maximum atomic E-state index is 13.2. The Morgan fingerprint density at radius 2 is 2.12 bits per heavy atom. The Bertz CT molecular complexity index is 775. The summed E-state index contributed by atoms with van der Waals surface area (Å²) in [6.45, 7) is 6.02. The van der Waals surface area contributed by atoms with Crippen molar-refractivity contribution in [1.82, 2.24) is 15.1 Å². The molecule has 0 unspecified atom stereocenters. The van der Waals surface area contributed by atoms with Gasteiger partial charge >= 0.3 is 0 Å². The van der Waals surface area contributed by atoms with Crippen LogP contribution in [-0.4, -0.2) is 53.3 Å². The molecule has 1 fully saturated rings. The molecule has 2 aliphatic heterocycles. The van der Waals surface area contributed by atoms with Gasteiger partial charge in [-0.05, 0) is 25.0 Å². The summed E-state index contributed by atoms with van der Waals surface area (Å²) in [6.07, 6.45) is 0.975. The second-order valence-corrected chi connectivity index (χ2v) is 6.53. The van der Waals surface area contributed by atoms with E-state index in [1.165, 1.54) is 5.56 Å². The van der Waals surface area contributed by atoms with Crippen LogP contribution >= 0.6 is 0 Å². The maximum Gasteiger partial charge on any atom is 0.245 e. The van der Waals surface area contributed by atoms with Gasteiger partial charge in [0.25, 0.3) is 0 Å². The third-order valence-corrected chi connectivity index (χ3v) is 4.99. The predicted octanol–water partition coefficient (Wildman–Crippen LogP) is 1.73. The van der Waals surface area contributed by atoms with Crippen LogP contribution in [0.5, 0.6) is 0 Å². The minimum absolute atomic E-state index is 0.0702. The number of anilines is 1. The number of morpholine rings is 1. The molecule has 4 rings (SSSR count). The molecule has 0 radical (unpaired) electrons. The molecule has 0 bridgehead atoms. The lowest BCUT2D eigenvalue weighted by Gasteiger charge is -2.37. The van der Waals surface area contributed by atoms with E-state index in [0.29, 0.717) is 31.5 Å². The zero-order valence-electron chi connectivity index (χ0n) is 14.5. The van der Waals surface area contributed by atoms with E-state index < -0.39 is 0 Å². The first kappa shape index (κ1) is 16.1. The lowest BCUT2D eigenvalue weighted by Crippen LogP contribution is -2.51. The number of aromatic nitrogens is 2. The van der Waals surface area contributed by atoms with Gasteiger partial charge in [-0.15, -0.1) is 10.2 Å². The van der Waals surface area contributed by atoms with Crippen molar-refractivity contribution in [1.29, 1.82) is 0 Å². The fraction of sp³-hybridized carbons (Fsp3) is 0.500. The number of ether oxygens (including phenoxy) is 1. The fourth-order valence-corrected chi connectivity index (χ4v) is 3.66. The van der Waals surface area contributed by atoms with E-state index in [2.05, 4.69) is 27.2 Å². The van der Waals surface area contributed by atoms with Gasteiger partial charge in [0.05, 0.1) is 13.2 Å². The van der Waals surface area contributed by atoms with E-state index >= 15 is 0 Å². The molecular weight excluding hydrogens is 320 g/mol. The zero-order chi connectivity index (χ0) is 17.4. The summed E-state index contributed by atoms with van der Waals surface area (Å²) in [6, 6.07) is 7.73. The number of carbonyl (C=O) groups is 1. The first-order chi connectivity index (χ1) is 12.1. The molecule has 0 spiro atoms. The number of benzene rings is 1. The molecule has 0 aliphatic carbocycles. The Labute approximate surface area is 146 Å². The van der Waals surface area contributed by atoms with E-state index in [4.69, 9.17) is 9.15 Å². The molecule has 2 aromatic rings. The van der Waals surface area contributed by atoms with Crippen LogP contribution in [0.3, 0.4) is 0 Å². The minimum Gasteiger partial charge on any atom is -0.423 e. The highest BCUT2D eigenvalue weighted by molar-refractivity contribution is 5.86. The molecule has 2 aliphatic rings. The number of fused-ring (bicyclic) bond motifs is 1. The van der Waals surface area contributed by atoms with Crippen molar-refractivity contribution in [3.05, 3.63) is 41.6 Å². The summed E-state index contributed by atoms with van der Waals surface area (Å²) in [5, 5.41) is 7.98. The summed E-state index contributed by atoms with van der Waals surface area (Å²) < 4.78 is 11.1. The van der Waals surface area contributed by atoms with Gasteiger partial charge in [0.15, 0.2) is 0 Å². The quantitative estimate of drug-likeness (QED) is 0.846. The number of nitrogens with zero attached hydrogens (tertiary/aromatic N) is 4. The second kappa shape index (κ2) is 6.48. The third kappa shape index (κ3) is 2.89. The Hall–Kier alpha value is -2.41. The number of amides is 1. The summed E-state index contributed by atoms with van der Waals surface area (Å²) in [5.41, 5.74) is 2.45. The van der Waals surface area contributed by atoms with Crippen LogP contribution in [-0.2, 0) is 16.0 Å². The highest BCUT2D eigenvalue weighted by atomic mass is 16.5. The predicted molar refractivity (Wildman–Crippen MR) is 91.3 cm³/mol. The molecule has 0 N–H and O–H groups in total. The summed E-state index contributed by atoms with van der Waals surface area (Å²) in [4.78, 5) is 17.2. The van der Waals surface area contributed by atoms with E-state index in [9.17, 15) is 4.79 Å². The van der Waals surface area contributed by atoms with Crippen molar-refractivity contribution in [3.63, 3.8) is 0 Å². The lowest BCUT2D eigenvalue weighted by molar-refractivity contribution is -0.142. The van der Waals surface area contributed by atoms with Crippen LogP contribution in [0.1, 0.15) is 30.3 Å². The number of hydrogen-bond donors (Lipinski definition) is 0. The minimum atomic E-state index is -0.317. The van der Waals surface area contributed by atoms with Gasteiger partial charge in [-0.3, -0.25) is 4.79 Å². The number of carbonyl (C=O) groups excluding carboxylic acids is 1. The van der Waals surface area contributed by atoms with Crippen molar-refractivity contribution in [2.24, 2.45) is 0 Å². The number of aryl methyl sites for hydroxylation is 1. The van der Waals surface area contributed by atoms with Crippen LogP contribution in [0.2, 0.25) is 0 Å². The van der Waals surface area contributed by atoms with Crippen molar-refractivity contribution in [2.75, 3.05) is 31.2 Å². The highest BCUT2D eigenvalue weighted by Gasteiger charge is 2.37. The van der Waals surface area contributed by atoms with Crippen molar-refractivity contribution in [3.8, 4) is 0 Å². The summed E-state index contributed by atoms with van der Waals surface area (Å²) in [5.74, 6) is 1.01. The van der Waals surface area contributed by atoms with Crippen LogP contribution in [0.25, 0.3) is 0 Å². The molecule has 2 atom stereocenters. The molecule has 7 nitrogen and oxygen atoms in total. The average Bonchev–Trinajstić information content (AvgIpc) is 3.27. The molecule has 0 saturated carbocycles. The molecule has 25 heavy (non-hydrogen) atoms. The second-order valence-electron chi connectivity index (χ2n) is 6.53. The van der Waals surface area contributed by atoms with E-state index in [-0.39, 0.29) is 18.0 Å². The van der Waals surface area contributed by atoms with Crippen molar-refractivity contribution < 1.29 is 13.9 Å². The van der Waals surface area contributed by atoms with Crippen LogP contribution < -0.4 is 4.90 Å². The molecule has 1 saturated heterocycles. The molecule has 132 valence electrons. The van der Waals surface area contributed by atoms with Gasteiger partial charge in [0.2, 0.25) is 17.7 Å². The molecule has 3 heterocycles. The first-order valence-electron chi connectivity index (χ1n) is 8.68. The first-order valence-corrected chi connectivity index (χ1v) is 8.68. The normalized spacial score (nSPS) is 21.3. The molecule has 1 aromatic carbocycles. The largest absolute Gasteiger partial charge is 0.423 e. The number of rotatable bonds is 3. The Balaban J connectivity index is 1.56. The van der Waals surface area contributed by atoms with Crippen LogP contribution in [0.15, 0.2) is 28.7 Å². The Morgan fingerprint density at radius 1 is 1.28 bits per heavy atom. The SMILES string of the molecule is Cc1nnc([C@@H]2COCCN2C(=O)[C@H](C)N2CCc3ccccc32)o1. The third-order valence-electron chi connectivity index (χ3n) is 4.99. The van der Waals surface area contributed by atoms with E-state index in [0.717, 1.165) is 18.7 Å². The summed E-state index contributed by atoms with van der Waals surface area (Å²) >= 11 is 0. The highest BCUT2D eigenvalue weighted by Crippen LogP contribution is 2.31. The Morgan fingerprint density at radius 3 is 2.92 bits per heavy atom. The maximum absolute atomic E-state index is 13.2. The van der Waals surface area contributed by atoms with Crippen molar-refractivity contribution in [2.45, 2.75) is 32.4 Å². The van der Waals surface area contributed by atoms with Gasteiger partial charge in [-0.2, -0.15) is 0 Å². The number of para-hydroxylation sites is 1.